The molecule has 0 nitrogen and oxygen atoms in total. The lowest BCUT2D eigenvalue weighted by atomic mass is 9.50. The Balaban J connectivity index is 2.11. The number of benzene rings is 2. The molecule has 0 fully saturated rings. The molecule has 2 aliphatic carbocycles. The average Bonchev–Trinajstić information content (AvgIpc) is 3.30. The lowest BCUT2D eigenvalue weighted by Crippen LogP contribution is -2.48. The van der Waals surface area contributed by atoms with Crippen molar-refractivity contribution in [3.05, 3.63) is 119 Å². The molecular weight excluding hydrogens is 312 g/mol. The zero-order valence-corrected chi connectivity index (χ0v) is 15.8. The van der Waals surface area contributed by atoms with Crippen molar-refractivity contribution in [2.45, 2.75) is 26.2 Å². The van der Waals surface area contributed by atoms with Crippen LogP contribution in [0.2, 0.25) is 0 Å². The predicted octanol–water partition coefficient (Wildman–Crippen LogP) is 6.63. The Morgan fingerprint density at radius 2 is 1.27 bits per heavy atom. The van der Waals surface area contributed by atoms with E-state index in [0.29, 0.717) is 5.92 Å². The summed E-state index contributed by atoms with van der Waals surface area (Å²) in [5.74, 6) is 0.308. The van der Waals surface area contributed by atoms with Gasteiger partial charge in [0.2, 0.25) is 0 Å². The van der Waals surface area contributed by atoms with Gasteiger partial charge in [0.05, 0.1) is 0 Å². The van der Waals surface area contributed by atoms with Crippen molar-refractivity contribution in [3.8, 4) is 0 Å². The van der Waals surface area contributed by atoms with Crippen molar-refractivity contribution < 1.29 is 0 Å². The highest BCUT2D eigenvalue weighted by Crippen LogP contribution is 2.60. The summed E-state index contributed by atoms with van der Waals surface area (Å²) in [6.07, 6.45) is 13.8. The normalized spacial score (nSPS) is 22.6. The van der Waals surface area contributed by atoms with E-state index in [2.05, 4.69) is 118 Å². The van der Waals surface area contributed by atoms with Gasteiger partial charge in [0.1, 0.15) is 0 Å². The molecule has 0 amide bonds. The van der Waals surface area contributed by atoms with Gasteiger partial charge >= 0.3 is 0 Å². The fourth-order valence-corrected chi connectivity index (χ4v) is 5.00. The van der Waals surface area contributed by atoms with Crippen molar-refractivity contribution in [2.75, 3.05) is 0 Å². The van der Waals surface area contributed by atoms with E-state index < -0.39 is 0 Å². The van der Waals surface area contributed by atoms with Crippen LogP contribution in [-0.2, 0) is 5.41 Å². The molecule has 0 heterocycles. The molecule has 26 heavy (non-hydrogen) atoms. The molecule has 0 saturated heterocycles. The van der Waals surface area contributed by atoms with E-state index in [-0.39, 0.29) is 10.8 Å². The Bertz CT molecular complexity index is 858. The van der Waals surface area contributed by atoms with Crippen LogP contribution in [0.1, 0.15) is 31.9 Å². The second-order valence-corrected chi connectivity index (χ2v) is 7.68. The molecule has 1 unspecified atom stereocenters. The molecule has 2 aliphatic rings. The third-order valence-corrected chi connectivity index (χ3v) is 6.56. The standard InChI is InChI=1S/C26H26/c1-20-18-19-25(3,21(20)2)26(24-16-10-11-17-24,22-12-6-4-7-13-22)23-14-8-5-9-15-23/h4-19,24H,1-3H3. The van der Waals surface area contributed by atoms with Gasteiger partial charge in [0.15, 0.2) is 0 Å². The quantitative estimate of drug-likeness (QED) is 0.587. The van der Waals surface area contributed by atoms with Gasteiger partial charge in [-0.3, -0.25) is 0 Å². The minimum absolute atomic E-state index is 0.0938. The molecule has 0 aromatic heterocycles. The van der Waals surface area contributed by atoms with Gasteiger partial charge in [-0.25, -0.2) is 0 Å². The summed E-state index contributed by atoms with van der Waals surface area (Å²) >= 11 is 0. The highest BCUT2D eigenvalue weighted by Gasteiger charge is 2.55. The lowest BCUT2D eigenvalue weighted by Gasteiger charge is -2.51. The van der Waals surface area contributed by atoms with Crippen molar-refractivity contribution >= 4 is 0 Å². The van der Waals surface area contributed by atoms with E-state index in [1.807, 2.05) is 0 Å². The summed E-state index contributed by atoms with van der Waals surface area (Å²) in [7, 11) is 0. The summed E-state index contributed by atoms with van der Waals surface area (Å²) in [6.45, 7) is 6.95. The summed E-state index contributed by atoms with van der Waals surface area (Å²) < 4.78 is 0. The smallest absolute Gasteiger partial charge is 0.0425 e. The largest absolute Gasteiger partial charge is 0.0763 e. The number of rotatable bonds is 4. The minimum atomic E-state index is -0.183. The van der Waals surface area contributed by atoms with Crippen LogP contribution < -0.4 is 0 Å². The van der Waals surface area contributed by atoms with E-state index in [4.69, 9.17) is 0 Å². The molecule has 0 heteroatoms. The number of hydrogen-bond acceptors (Lipinski definition) is 0. The van der Waals surface area contributed by atoms with E-state index in [0.717, 1.165) is 0 Å². The summed E-state index contributed by atoms with van der Waals surface area (Å²) in [6, 6.07) is 22.1. The fourth-order valence-electron chi connectivity index (χ4n) is 5.00. The van der Waals surface area contributed by atoms with Gasteiger partial charge in [-0.2, -0.15) is 0 Å². The van der Waals surface area contributed by atoms with Crippen LogP contribution in [-0.4, -0.2) is 0 Å². The van der Waals surface area contributed by atoms with Crippen LogP contribution in [0.3, 0.4) is 0 Å². The fraction of sp³-hybridized carbons (Fsp3) is 0.231. The number of allylic oxidation sites excluding steroid dienone is 8. The molecule has 0 saturated carbocycles. The van der Waals surface area contributed by atoms with E-state index in [1.54, 1.807) is 0 Å². The molecule has 0 aliphatic heterocycles. The van der Waals surface area contributed by atoms with Crippen LogP contribution in [0.5, 0.6) is 0 Å². The summed E-state index contributed by atoms with van der Waals surface area (Å²) in [5, 5.41) is 0. The lowest BCUT2D eigenvalue weighted by molar-refractivity contribution is 0.255. The van der Waals surface area contributed by atoms with E-state index in [1.165, 1.54) is 22.3 Å². The first-order chi connectivity index (χ1) is 12.6. The average molecular weight is 338 g/mol. The molecule has 2 aromatic carbocycles. The molecule has 4 rings (SSSR count). The zero-order valence-electron chi connectivity index (χ0n) is 15.8. The maximum Gasteiger partial charge on any atom is 0.0425 e. The highest BCUT2D eigenvalue weighted by molar-refractivity contribution is 5.56. The van der Waals surface area contributed by atoms with Crippen molar-refractivity contribution in [1.29, 1.82) is 0 Å². The molecule has 0 N–H and O–H groups in total. The first-order valence-electron chi connectivity index (χ1n) is 9.44. The Hall–Kier alpha value is -2.60. The van der Waals surface area contributed by atoms with Crippen LogP contribution in [0.15, 0.2) is 108 Å². The van der Waals surface area contributed by atoms with Crippen LogP contribution in [0.25, 0.3) is 0 Å². The molecule has 130 valence electrons. The molecule has 0 spiro atoms. The van der Waals surface area contributed by atoms with E-state index in [9.17, 15) is 0 Å². The first kappa shape index (κ1) is 16.8. The Kier molecular flexibility index (Phi) is 4.07. The van der Waals surface area contributed by atoms with Gasteiger partial charge in [0.25, 0.3) is 0 Å². The first-order valence-corrected chi connectivity index (χ1v) is 9.44. The molecule has 0 radical (unpaired) electrons. The topological polar surface area (TPSA) is 0 Å². The van der Waals surface area contributed by atoms with Crippen molar-refractivity contribution in [2.24, 2.45) is 11.3 Å². The summed E-state index contributed by atoms with van der Waals surface area (Å²) in [5.41, 5.74) is 5.30. The third kappa shape index (κ3) is 2.22. The summed E-state index contributed by atoms with van der Waals surface area (Å²) in [4.78, 5) is 0. The monoisotopic (exact) mass is 338 g/mol. The highest BCUT2D eigenvalue weighted by atomic mass is 14.6. The maximum atomic E-state index is 2.43. The Morgan fingerprint density at radius 1 is 0.769 bits per heavy atom. The van der Waals surface area contributed by atoms with Crippen LogP contribution in [0, 0.1) is 11.3 Å². The molecule has 0 bridgehead atoms. The van der Waals surface area contributed by atoms with E-state index >= 15 is 0 Å². The van der Waals surface area contributed by atoms with Gasteiger partial charge in [0, 0.05) is 16.7 Å². The SMILES string of the molecule is CC1=C(C)C(C)(C(c2ccccc2)(c2ccccc2)C2C=CC=C2)C=C1. The van der Waals surface area contributed by atoms with Gasteiger partial charge in [-0.1, -0.05) is 115 Å². The van der Waals surface area contributed by atoms with Crippen molar-refractivity contribution in [3.63, 3.8) is 0 Å². The van der Waals surface area contributed by atoms with Crippen molar-refractivity contribution in [1.82, 2.24) is 0 Å². The Morgan fingerprint density at radius 3 is 1.69 bits per heavy atom. The molecular formula is C26H26. The van der Waals surface area contributed by atoms with Gasteiger partial charge < -0.3 is 0 Å². The molecule has 1 atom stereocenters. The number of hydrogen-bond donors (Lipinski definition) is 0. The second-order valence-electron chi connectivity index (χ2n) is 7.68. The Labute approximate surface area is 157 Å². The maximum absolute atomic E-state index is 2.43. The second kappa shape index (κ2) is 6.29. The predicted molar refractivity (Wildman–Crippen MR) is 111 cm³/mol. The zero-order chi connectivity index (χ0) is 18.2. The van der Waals surface area contributed by atoms with Crippen LogP contribution >= 0.6 is 0 Å². The van der Waals surface area contributed by atoms with Gasteiger partial charge in [-0.05, 0) is 25.0 Å². The third-order valence-electron chi connectivity index (χ3n) is 6.56. The van der Waals surface area contributed by atoms with Crippen LogP contribution in [0.4, 0.5) is 0 Å². The van der Waals surface area contributed by atoms with Gasteiger partial charge in [-0.15, -0.1) is 0 Å². The minimum Gasteiger partial charge on any atom is -0.0763 e. The molecule has 2 aromatic rings.